The lowest BCUT2D eigenvalue weighted by atomic mass is 10.2. The van der Waals surface area contributed by atoms with E-state index in [1.165, 1.54) is 18.2 Å². The topological polar surface area (TPSA) is 89.8 Å². The van der Waals surface area contributed by atoms with Crippen LogP contribution in [-0.4, -0.2) is 34.4 Å². The normalized spacial score (nSPS) is 10.1. The highest BCUT2D eigenvalue weighted by Crippen LogP contribution is 2.24. The Hall–Kier alpha value is -1.75. The van der Waals surface area contributed by atoms with E-state index in [0.717, 1.165) is 0 Å². The summed E-state index contributed by atoms with van der Waals surface area (Å²) in [4.78, 5) is 11.5. The third kappa shape index (κ3) is 3.43. The standard InChI is InChI=1S/C11H15NO4/c13-6-2-1-5-12-11(16)8-3-4-9(14)10(15)7-8/h3-4,7,13-15H,1-2,5-6H2,(H,12,16). The number of carbonyl (C=O) groups excluding carboxylic acids is 1. The predicted molar refractivity (Wildman–Crippen MR) is 58.4 cm³/mol. The minimum atomic E-state index is -0.317. The van der Waals surface area contributed by atoms with Gasteiger partial charge in [0.1, 0.15) is 0 Å². The number of aliphatic hydroxyl groups excluding tert-OH is 1. The number of rotatable bonds is 5. The first-order valence-electron chi connectivity index (χ1n) is 5.06. The molecule has 0 radical (unpaired) electrons. The zero-order chi connectivity index (χ0) is 12.0. The molecule has 0 unspecified atom stereocenters. The van der Waals surface area contributed by atoms with Crippen molar-refractivity contribution in [2.75, 3.05) is 13.2 Å². The Morgan fingerprint density at radius 3 is 2.56 bits per heavy atom. The highest BCUT2D eigenvalue weighted by atomic mass is 16.3. The summed E-state index contributed by atoms with van der Waals surface area (Å²) in [6, 6.07) is 3.89. The summed E-state index contributed by atoms with van der Waals surface area (Å²) in [6.45, 7) is 0.580. The van der Waals surface area contributed by atoms with E-state index < -0.39 is 0 Å². The monoisotopic (exact) mass is 225 g/mol. The Kier molecular flexibility index (Phi) is 4.60. The van der Waals surface area contributed by atoms with Crippen LogP contribution >= 0.6 is 0 Å². The Balaban J connectivity index is 2.50. The average molecular weight is 225 g/mol. The summed E-state index contributed by atoms with van der Waals surface area (Å²) in [5.41, 5.74) is 0.291. The van der Waals surface area contributed by atoms with Gasteiger partial charge in [0.05, 0.1) is 0 Å². The van der Waals surface area contributed by atoms with Crippen LogP contribution in [0.25, 0.3) is 0 Å². The summed E-state index contributed by atoms with van der Waals surface area (Å²) in [6.07, 6.45) is 1.34. The first-order chi connectivity index (χ1) is 7.65. The molecule has 0 spiro atoms. The van der Waals surface area contributed by atoms with Gasteiger partial charge in [-0.25, -0.2) is 0 Å². The third-order valence-corrected chi connectivity index (χ3v) is 2.11. The van der Waals surface area contributed by atoms with Crippen molar-refractivity contribution in [2.45, 2.75) is 12.8 Å². The van der Waals surface area contributed by atoms with Crippen LogP contribution in [0.5, 0.6) is 11.5 Å². The fourth-order valence-electron chi connectivity index (χ4n) is 1.21. The molecule has 1 aromatic rings. The summed E-state index contributed by atoms with van der Waals surface area (Å²) in [5.74, 6) is -0.881. The molecule has 0 heterocycles. The molecule has 88 valence electrons. The number of aromatic hydroxyl groups is 2. The van der Waals surface area contributed by atoms with Gasteiger partial charge in [0.15, 0.2) is 11.5 Å². The van der Waals surface area contributed by atoms with Crippen molar-refractivity contribution in [1.82, 2.24) is 5.32 Å². The van der Waals surface area contributed by atoms with E-state index in [1.807, 2.05) is 0 Å². The number of phenolic OH excluding ortho intramolecular Hbond substituents is 2. The maximum Gasteiger partial charge on any atom is 0.251 e. The van der Waals surface area contributed by atoms with Gasteiger partial charge in [-0.1, -0.05) is 0 Å². The van der Waals surface area contributed by atoms with Crippen molar-refractivity contribution in [2.24, 2.45) is 0 Å². The molecule has 0 saturated carbocycles. The van der Waals surface area contributed by atoms with Gasteiger partial charge in [-0.15, -0.1) is 0 Å². The highest BCUT2D eigenvalue weighted by Gasteiger charge is 2.07. The molecule has 0 aliphatic carbocycles. The zero-order valence-corrected chi connectivity index (χ0v) is 8.81. The molecule has 1 rings (SSSR count). The average Bonchev–Trinajstić information content (AvgIpc) is 2.28. The largest absolute Gasteiger partial charge is 0.504 e. The van der Waals surface area contributed by atoms with Crippen molar-refractivity contribution in [3.05, 3.63) is 23.8 Å². The number of carbonyl (C=O) groups is 1. The molecular weight excluding hydrogens is 210 g/mol. The lowest BCUT2D eigenvalue weighted by molar-refractivity contribution is 0.0951. The van der Waals surface area contributed by atoms with Crippen molar-refractivity contribution in [1.29, 1.82) is 0 Å². The Morgan fingerprint density at radius 1 is 1.19 bits per heavy atom. The molecule has 0 bridgehead atoms. The molecule has 5 heteroatoms. The molecule has 0 aliphatic rings. The quantitative estimate of drug-likeness (QED) is 0.436. The number of aliphatic hydroxyl groups is 1. The van der Waals surface area contributed by atoms with Crippen LogP contribution in [0.3, 0.4) is 0 Å². The summed E-state index contributed by atoms with van der Waals surface area (Å²) in [5, 5.41) is 29.4. The molecule has 5 nitrogen and oxygen atoms in total. The second kappa shape index (κ2) is 5.97. The van der Waals surface area contributed by atoms with Gasteiger partial charge in [-0.2, -0.15) is 0 Å². The molecule has 4 N–H and O–H groups in total. The van der Waals surface area contributed by atoms with Crippen molar-refractivity contribution >= 4 is 5.91 Å². The van der Waals surface area contributed by atoms with Crippen LogP contribution in [0.2, 0.25) is 0 Å². The molecule has 0 fully saturated rings. The van der Waals surface area contributed by atoms with Crippen LogP contribution in [0.1, 0.15) is 23.2 Å². The first-order valence-corrected chi connectivity index (χ1v) is 5.06. The number of amides is 1. The fourth-order valence-corrected chi connectivity index (χ4v) is 1.21. The fraction of sp³-hybridized carbons (Fsp3) is 0.364. The van der Waals surface area contributed by atoms with E-state index in [9.17, 15) is 9.90 Å². The molecule has 0 saturated heterocycles. The van der Waals surface area contributed by atoms with E-state index in [-0.39, 0.29) is 24.0 Å². The maximum absolute atomic E-state index is 11.5. The lowest BCUT2D eigenvalue weighted by Gasteiger charge is -2.05. The third-order valence-electron chi connectivity index (χ3n) is 2.11. The smallest absolute Gasteiger partial charge is 0.251 e. The molecule has 1 amide bonds. The van der Waals surface area contributed by atoms with Crippen LogP contribution in [0.15, 0.2) is 18.2 Å². The van der Waals surface area contributed by atoms with Crippen molar-refractivity contribution < 1.29 is 20.1 Å². The second-order valence-corrected chi connectivity index (χ2v) is 3.39. The molecule has 0 aromatic heterocycles. The predicted octanol–water partition coefficient (Wildman–Crippen LogP) is 0.600. The molecule has 1 aromatic carbocycles. The second-order valence-electron chi connectivity index (χ2n) is 3.39. The van der Waals surface area contributed by atoms with E-state index in [1.54, 1.807) is 0 Å². The van der Waals surface area contributed by atoms with Gasteiger partial charge < -0.3 is 20.6 Å². The number of nitrogens with one attached hydrogen (secondary N) is 1. The molecule has 16 heavy (non-hydrogen) atoms. The number of benzene rings is 1. The summed E-state index contributed by atoms with van der Waals surface area (Å²) >= 11 is 0. The van der Waals surface area contributed by atoms with Gasteiger partial charge in [0.25, 0.3) is 5.91 Å². The van der Waals surface area contributed by atoms with E-state index in [2.05, 4.69) is 5.32 Å². The summed E-state index contributed by atoms with van der Waals surface area (Å²) < 4.78 is 0. The lowest BCUT2D eigenvalue weighted by Crippen LogP contribution is -2.24. The summed E-state index contributed by atoms with van der Waals surface area (Å²) in [7, 11) is 0. The van der Waals surface area contributed by atoms with Gasteiger partial charge in [-0.05, 0) is 31.0 Å². The molecule has 0 aliphatic heterocycles. The highest BCUT2D eigenvalue weighted by molar-refractivity contribution is 5.94. The van der Waals surface area contributed by atoms with Crippen LogP contribution in [0.4, 0.5) is 0 Å². The number of hydrogen-bond acceptors (Lipinski definition) is 4. The van der Waals surface area contributed by atoms with Crippen molar-refractivity contribution in [3.63, 3.8) is 0 Å². The van der Waals surface area contributed by atoms with Crippen LogP contribution < -0.4 is 5.32 Å². The van der Waals surface area contributed by atoms with Crippen LogP contribution in [-0.2, 0) is 0 Å². The van der Waals surface area contributed by atoms with Gasteiger partial charge in [-0.3, -0.25) is 4.79 Å². The minimum absolute atomic E-state index is 0.107. The minimum Gasteiger partial charge on any atom is -0.504 e. The van der Waals surface area contributed by atoms with Gasteiger partial charge in [0, 0.05) is 18.7 Å². The van der Waals surface area contributed by atoms with Gasteiger partial charge in [0.2, 0.25) is 0 Å². The SMILES string of the molecule is O=C(NCCCCO)c1ccc(O)c(O)c1. The Bertz CT molecular complexity index is 365. The van der Waals surface area contributed by atoms with Crippen LogP contribution in [0, 0.1) is 0 Å². The zero-order valence-electron chi connectivity index (χ0n) is 8.81. The molecular formula is C11H15NO4. The van der Waals surface area contributed by atoms with Crippen molar-refractivity contribution in [3.8, 4) is 11.5 Å². The van der Waals surface area contributed by atoms with Gasteiger partial charge >= 0.3 is 0 Å². The van der Waals surface area contributed by atoms with E-state index in [0.29, 0.717) is 24.9 Å². The number of phenols is 2. The number of hydrogen-bond donors (Lipinski definition) is 4. The van der Waals surface area contributed by atoms with E-state index >= 15 is 0 Å². The Labute approximate surface area is 93.4 Å². The number of unbranched alkanes of at least 4 members (excludes halogenated alkanes) is 1. The molecule has 0 atom stereocenters. The first kappa shape index (κ1) is 12.3. The van der Waals surface area contributed by atoms with E-state index in [4.69, 9.17) is 10.2 Å². The Morgan fingerprint density at radius 2 is 1.94 bits per heavy atom. The maximum atomic E-state index is 11.5.